The van der Waals surface area contributed by atoms with Crippen LogP contribution in [0, 0.1) is 0 Å². The van der Waals surface area contributed by atoms with Crippen molar-refractivity contribution in [2.24, 2.45) is 0 Å². The largest absolute Gasteiger partial charge is 0.493 e. The summed E-state index contributed by atoms with van der Waals surface area (Å²) in [4.78, 5) is 26.2. The van der Waals surface area contributed by atoms with Crippen molar-refractivity contribution in [3.8, 4) is 23.0 Å². The van der Waals surface area contributed by atoms with E-state index in [1.54, 1.807) is 19.2 Å². The molecule has 0 aliphatic rings. The number of benzene rings is 2. The van der Waals surface area contributed by atoms with E-state index < -0.39 is 5.91 Å². The van der Waals surface area contributed by atoms with Gasteiger partial charge in [-0.15, -0.1) is 0 Å². The molecule has 30 heavy (non-hydrogen) atoms. The Morgan fingerprint density at radius 1 is 1.00 bits per heavy atom. The van der Waals surface area contributed by atoms with Crippen LogP contribution >= 0.6 is 11.6 Å². The maximum absolute atomic E-state index is 12.5. The van der Waals surface area contributed by atoms with Gasteiger partial charge in [0.1, 0.15) is 12.4 Å². The number of halogens is 1. The van der Waals surface area contributed by atoms with E-state index in [1.165, 1.54) is 38.4 Å². The van der Waals surface area contributed by atoms with E-state index in [0.717, 1.165) is 0 Å². The van der Waals surface area contributed by atoms with Crippen molar-refractivity contribution in [1.82, 2.24) is 10.2 Å². The highest BCUT2D eigenvalue weighted by Crippen LogP contribution is 2.38. The second-order valence-corrected chi connectivity index (χ2v) is 6.60. The van der Waals surface area contributed by atoms with Crippen molar-refractivity contribution < 1.29 is 28.5 Å². The zero-order valence-electron chi connectivity index (χ0n) is 17.4. The number of nitrogens with one attached hydrogen (secondary N) is 1. The highest BCUT2D eigenvalue weighted by Gasteiger charge is 2.18. The van der Waals surface area contributed by atoms with Gasteiger partial charge in [-0.25, -0.2) is 0 Å². The van der Waals surface area contributed by atoms with E-state index in [9.17, 15) is 9.59 Å². The summed E-state index contributed by atoms with van der Waals surface area (Å²) in [7, 11) is 6.03. The molecule has 0 fully saturated rings. The molecule has 2 aromatic carbocycles. The molecule has 0 bridgehead atoms. The molecular weight excluding hydrogens is 412 g/mol. The monoisotopic (exact) mass is 436 g/mol. The van der Waals surface area contributed by atoms with E-state index in [4.69, 9.17) is 30.5 Å². The Balaban J connectivity index is 1.89. The minimum atomic E-state index is -0.441. The summed E-state index contributed by atoms with van der Waals surface area (Å²) in [5, 5.41) is 3.10. The van der Waals surface area contributed by atoms with Gasteiger partial charge in [0.15, 0.2) is 11.5 Å². The first-order valence-electron chi connectivity index (χ1n) is 9.10. The van der Waals surface area contributed by atoms with Crippen LogP contribution in [0.25, 0.3) is 0 Å². The average Bonchev–Trinajstić information content (AvgIpc) is 2.77. The number of para-hydroxylation sites is 1. The van der Waals surface area contributed by atoms with Crippen LogP contribution < -0.4 is 24.3 Å². The molecule has 2 amide bonds. The third kappa shape index (κ3) is 5.93. The van der Waals surface area contributed by atoms with E-state index in [2.05, 4.69) is 5.32 Å². The normalized spacial score (nSPS) is 10.2. The lowest BCUT2D eigenvalue weighted by Crippen LogP contribution is -2.39. The number of likely N-dealkylation sites (N-methyl/N-ethyl adjacent to an activating group) is 1. The predicted molar refractivity (Wildman–Crippen MR) is 113 cm³/mol. The van der Waals surface area contributed by atoms with E-state index in [-0.39, 0.29) is 24.6 Å². The standard InChI is InChI=1S/C21H25ClN2O6/c1-24(9-10-30-16-8-6-5-7-15(16)22)19(25)13-23-21(26)14-11-17(27-2)20(29-4)18(12-14)28-3/h5-8,11-12H,9-10,13H2,1-4H3,(H,23,26). The fraction of sp³-hybridized carbons (Fsp3) is 0.333. The van der Waals surface area contributed by atoms with E-state index in [0.29, 0.717) is 34.6 Å². The lowest BCUT2D eigenvalue weighted by Gasteiger charge is -2.18. The van der Waals surface area contributed by atoms with Gasteiger partial charge >= 0.3 is 0 Å². The van der Waals surface area contributed by atoms with Crippen LogP contribution in [0.3, 0.4) is 0 Å². The van der Waals surface area contributed by atoms with Gasteiger partial charge in [-0.3, -0.25) is 9.59 Å². The van der Waals surface area contributed by atoms with Crippen LogP contribution in [-0.2, 0) is 4.79 Å². The lowest BCUT2D eigenvalue weighted by atomic mass is 10.1. The molecule has 0 atom stereocenters. The molecule has 9 heteroatoms. The number of amides is 2. The third-order valence-corrected chi connectivity index (χ3v) is 4.59. The molecule has 1 N–H and O–H groups in total. The molecule has 0 heterocycles. The average molecular weight is 437 g/mol. The van der Waals surface area contributed by atoms with Crippen LogP contribution in [0.2, 0.25) is 5.02 Å². The Kier molecular flexibility index (Phi) is 8.61. The Hall–Kier alpha value is -3.13. The van der Waals surface area contributed by atoms with Crippen LogP contribution in [0.15, 0.2) is 36.4 Å². The first kappa shape index (κ1) is 23.2. The smallest absolute Gasteiger partial charge is 0.251 e. The molecule has 2 rings (SSSR count). The molecule has 0 spiro atoms. The predicted octanol–water partition coefficient (Wildman–Crippen LogP) is 2.63. The quantitative estimate of drug-likeness (QED) is 0.616. The minimum Gasteiger partial charge on any atom is -0.493 e. The molecule has 0 unspecified atom stereocenters. The molecule has 0 saturated carbocycles. The van der Waals surface area contributed by atoms with Crippen molar-refractivity contribution in [3.63, 3.8) is 0 Å². The highest BCUT2D eigenvalue weighted by molar-refractivity contribution is 6.32. The van der Waals surface area contributed by atoms with E-state index in [1.807, 2.05) is 12.1 Å². The number of methoxy groups -OCH3 is 3. The number of carbonyl (C=O) groups excluding carboxylic acids is 2. The van der Waals surface area contributed by atoms with Gasteiger partial charge in [-0.05, 0) is 24.3 Å². The Morgan fingerprint density at radius 3 is 2.20 bits per heavy atom. The van der Waals surface area contributed by atoms with Crippen molar-refractivity contribution in [3.05, 3.63) is 47.0 Å². The molecule has 162 valence electrons. The SMILES string of the molecule is COc1cc(C(=O)NCC(=O)N(C)CCOc2ccccc2Cl)cc(OC)c1OC. The van der Waals surface area contributed by atoms with Crippen LogP contribution in [0.4, 0.5) is 0 Å². The molecule has 2 aromatic rings. The van der Waals surface area contributed by atoms with Crippen molar-refractivity contribution in [1.29, 1.82) is 0 Å². The van der Waals surface area contributed by atoms with Crippen molar-refractivity contribution >= 4 is 23.4 Å². The van der Waals surface area contributed by atoms with E-state index >= 15 is 0 Å². The number of carbonyl (C=O) groups is 2. The van der Waals surface area contributed by atoms with Gasteiger partial charge in [0.2, 0.25) is 11.7 Å². The Morgan fingerprint density at radius 2 is 1.63 bits per heavy atom. The maximum atomic E-state index is 12.5. The van der Waals surface area contributed by atoms with Crippen LogP contribution in [-0.4, -0.2) is 64.8 Å². The zero-order chi connectivity index (χ0) is 22.1. The molecule has 0 aliphatic carbocycles. The summed E-state index contributed by atoms with van der Waals surface area (Å²) in [5.74, 6) is 0.924. The first-order chi connectivity index (χ1) is 14.4. The number of rotatable bonds is 10. The number of hydrogen-bond acceptors (Lipinski definition) is 6. The van der Waals surface area contributed by atoms with Gasteiger partial charge in [-0.2, -0.15) is 0 Å². The summed E-state index contributed by atoms with van der Waals surface area (Å²) < 4.78 is 21.3. The summed E-state index contributed by atoms with van der Waals surface area (Å²) in [6, 6.07) is 10.1. The van der Waals surface area contributed by atoms with Gasteiger partial charge in [0.25, 0.3) is 5.91 Å². The Labute approximate surface area is 180 Å². The topological polar surface area (TPSA) is 86.3 Å². The molecule has 8 nitrogen and oxygen atoms in total. The van der Waals surface area contributed by atoms with Crippen molar-refractivity contribution in [2.45, 2.75) is 0 Å². The molecule has 0 saturated heterocycles. The number of nitrogens with zero attached hydrogens (tertiary/aromatic N) is 1. The number of ether oxygens (including phenoxy) is 4. The van der Waals surface area contributed by atoms with Gasteiger partial charge < -0.3 is 29.2 Å². The third-order valence-electron chi connectivity index (χ3n) is 4.27. The molecule has 0 aliphatic heterocycles. The van der Waals surface area contributed by atoms with Gasteiger partial charge in [0, 0.05) is 12.6 Å². The zero-order valence-corrected chi connectivity index (χ0v) is 18.1. The highest BCUT2D eigenvalue weighted by atomic mass is 35.5. The minimum absolute atomic E-state index is 0.169. The fourth-order valence-corrected chi connectivity index (χ4v) is 2.77. The summed E-state index contributed by atoms with van der Waals surface area (Å²) in [6.07, 6.45) is 0. The lowest BCUT2D eigenvalue weighted by molar-refractivity contribution is -0.129. The van der Waals surface area contributed by atoms with Gasteiger partial charge in [-0.1, -0.05) is 23.7 Å². The second kappa shape index (κ2) is 11.2. The van der Waals surface area contributed by atoms with Crippen molar-refractivity contribution in [2.75, 3.05) is 48.1 Å². The maximum Gasteiger partial charge on any atom is 0.251 e. The summed E-state index contributed by atoms with van der Waals surface area (Å²) in [6.45, 7) is 0.439. The first-order valence-corrected chi connectivity index (χ1v) is 9.48. The summed E-state index contributed by atoms with van der Waals surface area (Å²) >= 11 is 6.03. The molecule has 0 aromatic heterocycles. The van der Waals surface area contributed by atoms with Crippen LogP contribution in [0.5, 0.6) is 23.0 Å². The fourth-order valence-electron chi connectivity index (χ4n) is 2.58. The molecule has 0 radical (unpaired) electrons. The number of hydrogen-bond donors (Lipinski definition) is 1. The Bertz CT molecular complexity index is 865. The summed E-state index contributed by atoms with van der Waals surface area (Å²) in [5.41, 5.74) is 0.280. The van der Waals surface area contributed by atoms with Crippen LogP contribution in [0.1, 0.15) is 10.4 Å². The molecular formula is C21H25ClN2O6. The second-order valence-electron chi connectivity index (χ2n) is 6.19. The van der Waals surface area contributed by atoms with Gasteiger partial charge in [0.05, 0.1) is 39.4 Å².